The highest BCUT2D eigenvalue weighted by molar-refractivity contribution is 7.13. The first-order chi connectivity index (χ1) is 7.95. The molecule has 0 aliphatic carbocycles. The minimum atomic E-state index is -0.993. The summed E-state index contributed by atoms with van der Waals surface area (Å²) in [5, 5.41) is 12.1. The van der Waals surface area contributed by atoms with Crippen molar-refractivity contribution in [3.05, 3.63) is 15.6 Å². The van der Waals surface area contributed by atoms with E-state index in [1.54, 1.807) is 13.8 Å². The zero-order valence-corrected chi connectivity index (χ0v) is 10.5. The van der Waals surface area contributed by atoms with Crippen molar-refractivity contribution >= 4 is 23.2 Å². The quantitative estimate of drug-likeness (QED) is 0.706. The number of aromatic carboxylic acids is 1. The number of nitrogens with one attached hydrogen (secondary N) is 1. The van der Waals surface area contributed by atoms with Crippen LogP contribution in [0.1, 0.15) is 27.3 Å². The zero-order chi connectivity index (χ0) is 13.0. The maximum absolute atomic E-state index is 11.4. The van der Waals surface area contributed by atoms with Crippen molar-refractivity contribution < 1.29 is 14.7 Å². The second kappa shape index (κ2) is 5.74. The predicted molar refractivity (Wildman–Crippen MR) is 63.9 cm³/mol. The Bertz CT molecular complexity index is 430. The van der Waals surface area contributed by atoms with E-state index < -0.39 is 5.97 Å². The van der Waals surface area contributed by atoms with Crippen molar-refractivity contribution in [2.45, 2.75) is 20.4 Å². The van der Waals surface area contributed by atoms with Crippen LogP contribution in [0.25, 0.3) is 0 Å². The number of hydrogen-bond donors (Lipinski definition) is 3. The molecule has 1 heterocycles. The molecule has 0 fully saturated rings. The van der Waals surface area contributed by atoms with Gasteiger partial charge >= 0.3 is 5.97 Å². The van der Waals surface area contributed by atoms with E-state index >= 15 is 0 Å². The highest BCUT2D eigenvalue weighted by Crippen LogP contribution is 2.17. The molecule has 0 spiro atoms. The second-order valence-electron chi connectivity index (χ2n) is 3.68. The van der Waals surface area contributed by atoms with Crippen LogP contribution in [0, 0.1) is 12.8 Å². The van der Waals surface area contributed by atoms with E-state index in [-0.39, 0.29) is 29.8 Å². The summed E-state index contributed by atoms with van der Waals surface area (Å²) in [6.45, 7) is 3.88. The molecule has 1 aromatic rings. The normalized spacial score (nSPS) is 12.2. The van der Waals surface area contributed by atoms with Crippen molar-refractivity contribution in [1.82, 2.24) is 10.3 Å². The van der Waals surface area contributed by atoms with Crippen molar-refractivity contribution in [3.8, 4) is 0 Å². The van der Waals surface area contributed by atoms with Gasteiger partial charge in [0.25, 0.3) is 0 Å². The molecule has 0 saturated carbocycles. The number of carboxylic acids is 1. The van der Waals surface area contributed by atoms with E-state index in [2.05, 4.69) is 10.3 Å². The second-order valence-corrected chi connectivity index (χ2v) is 4.77. The molecule has 0 bridgehead atoms. The Morgan fingerprint density at radius 3 is 2.71 bits per heavy atom. The van der Waals surface area contributed by atoms with Gasteiger partial charge in [-0.15, -0.1) is 11.3 Å². The van der Waals surface area contributed by atoms with Crippen LogP contribution in [0.3, 0.4) is 0 Å². The van der Waals surface area contributed by atoms with Gasteiger partial charge in [0.1, 0.15) is 9.88 Å². The SMILES string of the molecule is Cc1nc(CNC(=O)C(C)CN)sc1C(=O)O. The van der Waals surface area contributed by atoms with Gasteiger partial charge in [0, 0.05) is 12.5 Å². The molecule has 17 heavy (non-hydrogen) atoms. The van der Waals surface area contributed by atoms with Gasteiger partial charge in [-0.05, 0) is 6.92 Å². The highest BCUT2D eigenvalue weighted by atomic mass is 32.1. The van der Waals surface area contributed by atoms with Crippen LogP contribution in [0.15, 0.2) is 0 Å². The summed E-state index contributed by atoms with van der Waals surface area (Å²) in [6.07, 6.45) is 0. The third kappa shape index (κ3) is 3.50. The van der Waals surface area contributed by atoms with Gasteiger partial charge in [-0.1, -0.05) is 6.92 Å². The summed E-state index contributed by atoms with van der Waals surface area (Å²) < 4.78 is 0. The smallest absolute Gasteiger partial charge is 0.347 e. The topological polar surface area (TPSA) is 105 Å². The van der Waals surface area contributed by atoms with E-state index in [1.807, 2.05) is 0 Å². The first kappa shape index (κ1) is 13.6. The first-order valence-corrected chi connectivity index (χ1v) is 5.94. The van der Waals surface area contributed by atoms with Gasteiger partial charge in [0.05, 0.1) is 12.2 Å². The van der Waals surface area contributed by atoms with Crippen LogP contribution in [-0.4, -0.2) is 28.5 Å². The Kier molecular flexibility index (Phi) is 4.59. The van der Waals surface area contributed by atoms with Crippen molar-refractivity contribution in [1.29, 1.82) is 0 Å². The molecule has 1 amide bonds. The minimum absolute atomic E-state index is 0.155. The monoisotopic (exact) mass is 257 g/mol. The summed E-state index contributed by atoms with van der Waals surface area (Å²) in [5.74, 6) is -1.40. The van der Waals surface area contributed by atoms with E-state index in [9.17, 15) is 9.59 Å². The van der Waals surface area contributed by atoms with Gasteiger partial charge in [-0.25, -0.2) is 9.78 Å². The number of carbonyl (C=O) groups is 2. The Balaban J connectivity index is 2.61. The van der Waals surface area contributed by atoms with E-state index in [1.165, 1.54) is 0 Å². The average Bonchev–Trinajstić information content (AvgIpc) is 2.66. The third-order valence-electron chi connectivity index (χ3n) is 2.25. The molecule has 94 valence electrons. The standard InChI is InChI=1S/C10H15N3O3S/c1-5(3-11)9(14)12-4-7-13-6(2)8(17-7)10(15)16/h5H,3-4,11H2,1-2H3,(H,12,14)(H,15,16). The number of rotatable bonds is 5. The van der Waals surface area contributed by atoms with Gasteiger partial charge < -0.3 is 16.2 Å². The number of carboxylic acid groups (broad SMARTS) is 1. The van der Waals surface area contributed by atoms with Crippen LogP contribution in [0.4, 0.5) is 0 Å². The fourth-order valence-corrected chi connectivity index (χ4v) is 2.01. The van der Waals surface area contributed by atoms with Crippen LogP contribution in [-0.2, 0) is 11.3 Å². The number of carbonyl (C=O) groups excluding carboxylic acids is 1. The molecule has 0 aliphatic rings. The molecule has 4 N–H and O–H groups in total. The van der Waals surface area contributed by atoms with Gasteiger partial charge in [0.2, 0.25) is 5.91 Å². The number of hydrogen-bond acceptors (Lipinski definition) is 5. The maximum atomic E-state index is 11.4. The number of aryl methyl sites for hydroxylation is 1. The maximum Gasteiger partial charge on any atom is 0.347 e. The van der Waals surface area contributed by atoms with Crippen LogP contribution in [0.5, 0.6) is 0 Å². The molecule has 0 radical (unpaired) electrons. The van der Waals surface area contributed by atoms with Gasteiger partial charge in [0.15, 0.2) is 0 Å². The van der Waals surface area contributed by atoms with E-state index in [0.29, 0.717) is 10.7 Å². The molecule has 6 nitrogen and oxygen atoms in total. The fourth-order valence-electron chi connectivity index (χ4n) is 1.17. The van der Waals surface area contributed by atoms with Crippen LogP contribution >= 0.6 is 11.3 Å². The molecule has 1 unspecified atom stereocenters. The number of nitrogens with zero attached hydrogens (tertiary/aromatic N) is 1. The van der Waals surface area contributed by atoms with E-state index in [4.69, 9.17) is 10.8 Å². The molecule has 1 atom stereocenters. The summed E-state index contributed by atoms with van der Waals surface area (Å²) in [7, 11) is 0. The van der Waals surface area contributed by atoms with Gasteiger partial charge in [-0.3, -0.25) is 4.79 Å². The Morgan fingerprint density at radius 2 is 2.24 bits per heavy atom. The largest absolute Gasteiger partial charge is 0.477 e. The summed E-state index contributed by atoms with van der Waals surface area (Å²) in [5.41, 5.74) is 5.83. The Morgan fingerprint density at radius 1 is 1.59 bits per heavy atom. The number of thiazole rings is 1. The van der Waals surface area contributed by atoms with E-state index in [0.717, 1.165) is 11.3 Å². The highest BCUT2D eigenvalue weighted by Gasteiger charge is 2.15. The van der Waals surface area contributed by atoms with Crippen LogP contribution in [0.2, 0.25) is 0 Å². The first-order valence-electron chi connectivity index (χ1n) is 5.13. The molecule has 1 rings (SSSR count). The lowest BCUT2D eigenvalue weighted by Crippen LogP contribution is -2.32. The average molecular weight is 257 g/mol. The molecule has 0 saturated heterocycles. The summed E-state index contributed by atoms with van der Waals surface area (Å²) in [6, 6.07) is 0. The number of amides is 1. The number of nitrogens with two attached hydrogens (primary N) is 1. The van der Waals surface area contributed by atoms with Crippen molar-refractivity contribution in [2.24, 2.45) is 11.7 Å². The predicted octanol–water partition coefficient (Wildman–Crippen LogP) is 0.361. The van der Waals surface area contributed by atoms with Crippen molar-refractivity contribution in [2.75, 3.05) is 6.54 Å². The Labute approximate surface area is 103 Å². The number of aromatic nitrogens is 1. The van der Waals surface area contributed by atoms with Crippen LogP contribution < -0.4 is 11.1 Å². The molecular weight excluding hydrogens is 242 g/mol. The lowest BCUT2D eigenvalue weighted by atomic mass is 10.2. The Hall–Kier alpha value is -1.47. The molecular formula is C10H15N3O3S. The lowest BCUT2D eigenvalue weighted by molar-refractivity contribution is -0.124. The summed E-state index contributed by atoms with van der Waals surface area (Å²) in [4.78, 5) is 26.5. The van der Waals surface area contributed by atoms with Crippen molar-refractivity contribution in [3.63, 3.8) is 0 Å². The molecule has 1 aromatic heterocycles. The lowest BCUT2D eigenvalue weighted by Gasteiger charge is -2.07. The van der Waals surface area contributed by atoms with Gasteiger partial charge in [-0.2, -0.15) is 0 Å². The minimum Gasteiger partial charge on any atom is -0.477 e. The summed E-state index contributed by atoms with van der Waals surface area (Å²) >= 11 is 1.07. The molecule has 0 aliphatic heterocycles. The molecule has 0 aromatic carbocycles. The third-order valence-corrected chi connectivity index (χ3v) is 3.40. The zero-order valence-electron chi connectivity index (χ0n) is 9.69. The fraction of sp³-hybridized carbons (Fsp3) is 0.500. The molecule has 7 heteroatoms.